The summed E-state index contributed by atoms with van der Waals surface area (Å²) in [7, 11) is -5.02. The zero-order chi connectivity index (χ0) is 63.2. The van der Waals surface area contributed by atoms with Gasteiger partial charge in [-0.05, 0) is 19.1 Å². The molecular formula is C49H76O37S. The first-order valence-electron chi connectivity index (χ1n) is 27.6. The summed E-state index contributed by atoms with van der Waals surface area (Å²) in [5, 5.41) is 223. The second kappa shape index (κ2) is 29.0. The third-order valence-corrected chi connectivity index (χ3v) is 17.6. The molecular weight excluding hydrogens is 1210 g/mol. The Morgan fingerprint density at radius 2 is 0.494 bits per heavy atom. The summed E-state index contributed by atoms with van der Waals surface area (Å²) in [5.41, 5.74) is 0.600. The van der Waals surface area contributed by atoms with Crippen LogP contribution in [0.5, 0.6) is 0 Å². The van der Waals surface area contributed by atoms with Crippen LogP contribution < -0.4 is 0 Å². The van der Waals surface area contributed by atoms with Crippen LogP contribution in [0, 0.1) is 6.92 Å². The highest BCUT2D eigenvalue weighted by molar-refractivity contribution is 7.86. The Kier molecular flexibility index (Phi) is 23.0. The summed E-state index contributed by atoms with van der Waals surface area (Å²) in [6.45, 7) is -6.12. The predicted molar refractivity (Wildman–Crippen MR) is 266 cm³/mol. The predicted octanol–water partition coefficient (Wildman–Crippen LogP) is -13.5. The molecule has 38 heteroatoms. The Morgan fingerprint density at radius 3 is 0.713 bits per heavy atom. The number of aliphatic hydroxyl groups is 20. The van der Waals surface area contributed by atoms with Crippen LogP contribution >= 0.6 is 0 Å². The van der Waals surface area contributed by atoms with Crippen molar-refractivity contribution >= 4 is 10.1 Å². The third kappa shape index (κ3) is 13.9. The smallest absolute Gasteiger partial charge is 0.297 e. The van der Waals surface area contributed by atoms with E-state index in [4.69, 9.17) is 70.5 Å². The number of hydrogen-bond donors (Lipinski definition) is 20. The lowest BCUT2D eigenvalue weighted by Gasteiger charge is -2.50. The molecule has 0 spiro atoms. The van der Waals surface area contributed by atoms with Gasteiger partial charge in [-0.25, -0.2) is 0 Å². The van der Waals surface area contributed by atoms with Gasteiger partial charge in [0.25, 0.3) is 10.1 Å². The number of benzene rings is 1. The summed E-state index contributed by atoms with van der Waals surface area (Å²) in [6.07, 6.45) is -73.3. The first kappa shape index (κ1) is 69.1. The van der Waals surface area contributed by atoms with E-state index in [2.05, 4.69) is 0 Å². The van der Waals surface area contributed by atoms with Gasteiger partial charge in [0, 0.05) is 0 Å². The van der Waals surface area contributed by atoms with Crippen molar-refractivity contribution in [1.29, 1.82) is 0 Å². The second-order valence-corrected chi connectivity index (χ2v) is 23.6. The van der Waals surface area contributed by atoms with Crippen LogP contribution in [0.15, 0.2) is 29.2 Å². The van der Waals surface area contributed by atoms with Crippen LogP contribution in [-0.4, -0.2) is 372 Å². The van der Waals surface area contributed by atoms with Crippen molar-refractivity contribution in [3.8, 4) is 0 Å². The normalized spacial score (nSPS) is 50.5. The maximum Gasteiger partial charge on any atom is 0.297 e. The van der Waals surface area contributed by atoms with Crippen molar-refractivity contribution in [3.63, 3.8) is 0 Å². The lowest BCUT2D eigenvalue weighted by atomic mass is 9.95. The lowest BCUT2D eigenvalue weighted by Crippen LogP contribution is -2.68. The summed E-state index contributed by atoms with van der Waals surface area (Å²) in [6, 6.07) is 5.02. The molecule has 21 aliphatic heterocycles. The van der Waals surface area contributed by atoms with Gasteiger partial charge in [0.15, 0.2) is 50.1 Å². The molecule has 0 aliphatic carbocycles. The van der Waals surface area contributed by atoms with E-state index in [1.54, 1.807) is 6.92 Å². The standard InChI is InChI=1S/C49H76O37S/c1-13-2-4-14(5-3-13)87(70,71)86-42-34(69)41-21(12-56)78-49(42)85-40-20(11-55)77-47(33(68)27(40)62)83-38-18(9-53)75-45(31(66)25(38)60)81-36-16(7-51)73-43(29(64)23(36)58)79-35-15(6-50)72-44(28(63)22(35)57)80-37-17(8-52)74-46(30(65)24(37)59)82-39-19(10-54)76-48(84-41)32(67)26(39)61/h2-5,15-69H,6-12H2,1H3. The number of aryl methyl sites for hydroxylation is 1. The Labute approximate surface area is 492 Å². The van der Waals surface area contributed by atoms with Crippen molar-refractivity contribution in [1.82, 2.24) is 0 Å². The minimum atomic E-state index is -5.02. The highest BCUT2D eigenvalue weighted by Gasteiger charge is 2.60. The number of hydrogen-bond acceptors (Lipinski definition) is 37. The topological polar surface area (TPSA) is 577 Å². The van der Waals surface area contributed by atoms with E-state index in [9.17, 15) is 111 Å². The molecule has 35 atom stereocenters. The largest absolute Gasteiger partial charge is 0.394 e. The third-order valence-electron chi connectivity index (χ3n) is 16.3. The summed E-state index contributed by atoms with van der Waals surface area (Å²) in [4.78, 5) is -0.504. The fourth-order valence-corrected chi connectivity index (χ4v) is 12.5. The summed E-state index contributed by atoms with van der Waals surface area (Å²) >= 11 is 0. The molecule has 21 heterocycles. The van der Waals surface area contributed by atoms with Gasteiger partial charge >= 0.3 is 0 Å². The molecule has 22 rings (SSSR count). The molecule has 1 aromatic carbocycles. The Hall–Kier alpha value is -2.23. The van der Waals surface area contributed by atoms with E-state index in [1.807, 2.05) is 0 Å². The molecule has 0 amide bonds. The highest BCUT2D eigenvalue weighted by Crippen LogP contribution is 2.40. The van der Waals surface area contributed by atoms with Gasteiger partial charge in [0.2, 0.25) is 0 Å². The van der Waals surface area contributed by atoms with Crippen LogP contribution in [-0.2, 0) is 80.6 Å². The molecule has 500 valence electrons. The molecule has 14 bridgehead atoms. The van der Waals surface area contributed by atoms with E-state index in [0.29, 0.717) is 5.56 Å². The van der Waals surface area contributed by atoms with Gasteiger partial charge in [-0.2, -0.15) is 8.42 Å². The fourth-order valence-electron chi connectivity index (χ4n) is 11.4. The van der Waals surface area contributed by atoms with Gasteiger partial charge in [0.1, 0.15) is 165 Å². The van der Waals surface area contributed by atoms with Crippen LogP contribution in [0.2, 0.25) is 0 Å². The zero-order valence-corrected chi connectivity index (χ0v) is 46.6. The van der Waals surface area contributed by atoms with Crippen molar-refractivity contribution in [3.05, 3.63) is 29.8 Å². The molecule has 1 aromatic rings. The monoisotopic (exact) mass is 1290 g/mol. The Morgan fingerprint density at radius 1 is 0.299 bits per heavy atom. The van der Waals surface area contributed by atoms with E-state index >= 15 is 0 Å². The molecule has 0 radical (unpaired) electrons. The number of rotatable bonds is 10. The van der Waals surface area contributed by atoms with E-state index in [1.165, 1.54) is 12.1 Å². The number of ether oxygens (including phenoxy) is 14. The highest BCUT2D eigenvalue weighted by atomic mass is 32.2. The average molecular weight is 1290 g/mol. The lowest BCUT2D eigenvalue weighted by molar-refractivity contribution is -0.396. The maximum atomic E-state index is 14.0. The van der Waals surface area contributed by atoms with Crippen LogP contribution in [0.25, 0.3) is 0 Å². The van der Waals surface area contributed by atoms with Gasteiger partial charge < -0.3 is 168 Å². The first-order chi connectivity index (χ1) is 41.3. The number of aliphatic hydroxyl groups excluding tert-OH is 20. The SMILES string of the molecule is Cc1ccc(S(=O)(=O)OC2C3OC(CO)C(OC4OC(CO)C(OC5OC(CO)C(OC6OC(CO)C(OC7OC(CO)C(OC8OC(CO)C(OC9OC(CO)C(O3)C(O)C9O)C(O)C8O)C(O)C7O)C(O)C6O)C(O)C5O)C(O)C4O)C2O)cc1. The van der Waals surface area contributed by atoms with Crippen molar-refractivity contribution < 1.29 is 181 Å². The van der Waals surface area contributed by atoms with Gasteiger partial charge in [0.05, 0.1) is 51.1 Å². The van der Waals surface area contributed by atoms with Gasteiger partial charge in [-0.1, -0.05) is 17.7 Å². The zero-order valence-electron chi connectivity index (χ0n) is 45.8. The average Bonchev–Trinajstić information content (AvgIpc) is 1.01. The molecule has 0 aromatic heterocycles. The van der Waals surface area contributed by atoms with E-state index < -0.39 is 276 Å². The molecule has 87 heavy (non-hydrogen) atoms. The minimum absolute atomic E-state index is 0.504. The van der Waals surface area contributed by atoms with E-state index in [0.717, 1.165) is 12.1 Å². The molecule has 20 N–H and O–H groups in total. The first-order valence-corrected chi connectivity index (χ1v) is 29.0. The van der Waals surface area contributed by atoms with Gasteiger partial charge in [-0.15, -0.1) is 0 Å². The fraction of sp³-hybridized carbons (Fsp3) is 0.878. The molecule has 21 fully saturated rings. The van der Waals surface area contributed by atoms with Crippen LogP contribution in [0.3, 0.4) is 0 Å². The maximum absolute atomic E-state index is 14.0. The molecule has 21 aliphatic rings. The van der Waals surface area contributed by atoms with Crippen molar-refractivity contribution in [2.24, 2.45) is 0 Å². The van der Waals surface area contributed by atoms with Crippen LogP contribution in [0.1, 0.15) is 5.56 Å². The summed E-state index contributed by atoms with van der Waals surface area (Å²) in [5.74, 6) is 0. The molecule has 35 unspecified atom stereocenters. The molecule has 21 saturated heterocycles. The Bertz CT molecular complexity index is 2430. The van der Waals surface area contributed by atoms with Crippen molar-refractivity contribution in [2.75, 3.05) is 46.2 Å². The quantitative estimate of drug-likeness (QED) is 0.0967. The molecule has 0 saturated carbocycles. The van der Waals surface area contributed by atoms with E-state index in [-0.39, 0.29) is 0 Å². The second-order valence-electron chi connectivity index (χ2n) is 22.0. The minimum Gasteiger partial charge on any atom is -0.394 e. The van der Waals surface area contributed by atoms with Crippen LogP contribution in [0.4, 0.5) is 0 Å². The molecule has 37 nitrogen and oxygen atoms in total. The summed E-state index contributed by atoms with van der Waals surface area (Å²) < 4.78 is 114. The van der Waals surface area contributed by atoms with Gasteiger partial charge in [-0.3, -0.25) is 4.18 Å². The van der Waals surface area contributed by atoms with Crippen molar-refractivity contribution in [2.45, 2.75) is 227 Å². The Balaban J connectivity index is 1.04.